The monoisotopic (exact) mass is 240 g/mol. The molecule has 0 fully saturated rings. The topological polar surface area (TPSA) is 50.7 Å². The average Bonchev–Trinajstić information content (AvgIpc) is 2.22. The second-order valence-electron chi connectivity index (χ2n) is 2.68. The Hall–Kier alpha value is -1.39. The minimum Gasteiger partial charge on any atom is -0.324 e. The van der Waals surface area contributed by atoms with E-state index in [0.29, 0.717) is 21.8 Å². The fourth-order valence-electron chi connectivity index (χ4n) is 1.00. The van der Waals surface area contributed by atoms with E-state index in [9.17, 15) is 0 Å². The van der Waals surface area contributed by atoms with Crippen LogP contribution in [0.25, 0.3) is 0 Å². The molecular weight excluding hydrogens is 235 g/mol. The molecule has 0 saturated heterocycles. The van der Waals surface area contributed by atoms with Gasteiger partial charge in [-0.05, 0) is 12.1 Å². The van der Waals surface area contributed by atoms with Crippen molar-refractivity contribution in [3.05, 3.63) is 40.9 Å². The molecule has 0 amide bonds. The summed E-state index contributed by atoms with van der Waals surface area (Å²) in [5.74, 6) is 1.09. The molecule has 2 rings (SSSR count). The van der Waals surface area contributed by atoms with Gasteiger partial charge in [0.2, 0.25) is 0 Å². The number of rotatable bonds is 2. The van der Waals surface area contributed by atoms with Crippen molar-refractivity contribution in [3.63, 3.8) is 0 Å². The third-order valence-corrected chi connectivity index (χ3v) is 2.15. The molecule has 0 spiro atoms. The van der Waals surface area contributed by atoms with Crippen molar-refractivity contribution in [2.45, 2.75) is 0 Å². The molecule has 2 heterocycles. The number of hydrogen-bond acceptors (Lipinski definition) is 4. The molecule has 0 aliphatic carbocycles. The van der Waals surface area contributed by atoms with Crippen molar-refractivity contribution in [3.8, 4) is 0 Å². The summed E-state index contributed by atoms with van der Waals surface area (Å²) in [5.41, 5.74) is 0. The van der Waals surface area contributed by atoms with Gasteiger partial charge in [0.15, 0.2) is 0 Å². The first-order chi connectivity index (χ1) is 7.25. The third kappa shape index (κ3) is 2.55. The molecule has 76 valence electrons. The first-order valence-electron chi connectivity index (χ1n) is 4.11. The normalized spacial score (nSPS) is 10.0. The second kappa shape index (κ2) is 4.42. The molecule has 2 aromatic heterocycles. The van der Waals surface area contributed by atoms with Gasteiger partial charge in [0.1, 0.15) is 23.1 Å². The van der Waals surface area contributed by atoms with Crippen molar-refractivity contribution >= 4 is 34.8 Å². The summed E-state index contributed by atoms with van der Waals surface area (Å²) < 4.78 is 0. The number of pyridine rings is 1. The van der Waals surface area contributed by atoms with Gasteiger partial charge >= 0.3 is 0 Å². The quantitative estimate of drug-likeness (QED) is 0.821. The molecular formula is C9H6Cl2N4. The minimum absolute atomic E-state index is 0.361. The molecule has 15 heavy (non-hydrogen) atoms. The number of nitrogens with zero attached hydrogens (tertiary/aromatic N) is 3. The third-order valence-electron chi connectivity index (χ3n) is 1.64. The van der Waals surface area contributed by atoms with E-state index >= 15 is 0 Å². The van der Waals surface area contributed by atoms with Gasteiger partial charge < -0.3 is 5.32 Å². The summed E-state index contributed by atoms with van der Waals surface area (Å²) in [6.07, 6.45) is 3.00. The van der Waals surface area contributed by atoms with E-state index < -0.39 is 0 Å². The predicted octanol–water partition coefficient (Wildman–Crippen LogP) is 2.92. The highest BCUT2D eigenvalue weighted by molar-refractivity contribution is 6.33. The van der Waals surface area contributed by atoms with Crippen LogP contribution in [0.3, 0.4) is 0 Å². The minimum atomic E-state index is 0.361. The van der Waals surface area contributed by atoms with E-state index in [2.05, 4.69) is 20.3 Å². The zero-order valence-corrected chi connectivity index (χ0v) is 9.00. The van der Waals surface area contributed by atoms with Crippen LogP contribution in [0.4, 0.5) is 11.6 Å². The van der Waals surface area contributed by atoms with Gasteiger partial charge in [-0.15, -0.1) is 0 Å². The molecule has 2 aromatic rings. The van der Waals surface area contributed by atoms with Crippen molar-refractivity contribution in [2.75, 3.05) is 5.32 Å². The standard InChI is InChI=1S/C9H6Cl2N4/c10-6-2-1-3-12-9(6)15-8-4-7(11)13-5-14-8/h1-5H,(H,12,13,14,15). The largest absolute Gasteiger partial charge is 0.324 e. The van der Waals surface area contributed by atoms with Crippen LogP contribution >= 0.6 is 23.2 Å². The van der Waals surface area contributed by atoms with Crippen LogP contribution in [0.5, 0.6) is 0 Å². The van der Waals surface area contributed by atoms with Crippen LogP contribution in [-0.4, -0.2) is 15.0 Å². The zero-order chi connectivity index (χ0) is 10.7. The summed E-state index contributed by atoms with van der Waals surface area (Å²) >= 11 is 11.6. The Morgan fingerprint density at radius 1 is 1.13 bits per heavy atom. The molecule has 0 aliphatic rings. The van der Waals surface area contributed by atoms with E-state index in [1.165, 1.54) is 6.33 Å². The second-order valence-corrected chi connectivity index (χ2v) is 3.48. The molecule has 0 saturated carbocycles. The van der Waals surface area contributed by atoms with Crippen LogP contribution in [0.2, 0.25) is 10.2 Å². The van der Waals surface area contributed by atoms with Crippen LogP contribution in [0, 0.1) is 0 Å². The Morgan fingerprint density at radius 3 is 2.73 bits per heavy atom. The van der Waals surface area contributed by atoms with Gasteiger partial charge in [-0.25, -0.2) is 15.0 Å². The van der Waals surface area contributed by atoms with Gasteiger partial charge in [0, 0.05) is 12.3 Å². The van der Waals surface area contributed by atoms with Crippen LogP contribution in [-0.2, 0) is 0 Å². The van der Waals surface area contributed by atoms with E-state index in [1.54, 1.807) is 24.4 Å². The molecule has 6 heteroatoms. The highest BCUT2D eigenvalue weighted by Gasteiger charge is 2.02. The van der Waals surface area contributed by atoms with E-state index in [4.69, 9.17) is 23.2 Å². The maximum absolute atomic E-state index is 5.91. The van der Waals surface area contributed by atoms with Crippen molar-refractivity contribution in [1.29, 1.82) is 0 Å². The maximum Gasteiger partial charge on any atom is 0.150 e. The van der Waals surface area contributed by atoms with Gasteiger partial charge in [-0.3, -0.25) is 0 Å². The van der Waals surface area contributed by atoms with Gasteiger partial charge in [-0.1, -0.05) is 23.2 Å². The molecule has 0 radical (unpaired) electrons. The fourth-order valence-corrected chi connectivity index (χ4v) is 1.32. The van der Waals surface area contributed by atoms with Gasteiger partial charge in [-0.2, -0.15) is 0 Å². The molecule has 0 bridgehead atoms. The van der Waals surface area contributed by atoms with Crippen molar-refractivity contribution in [2.24, 2.45) is 0 Å². The Bertz CT molecular complexity index is 475. The lowest BCUT2D eigenvalue weighted by Crippen LogP contribution is -1.96. The summed E-state index contributed by atoms with van der Waals surface area (Å²) in [5, 5.41) is 3.82. The smallest absolute Gasteiger partial charge is 0.150 e. The van der Waals surface area contributed by atoms with E-state index in [1.807, 2.05) is 0 Å². The summed E-state index contributed by atoms with van der Waals surface area (Å²) in [6, 6.07) is 5.08. The first-order valence-corrected chi connectivity index (χ1v) is 4.86. The number of nitrogens with one attached hydrogen (secondary N) is 1. The first kappa shape index (κ1) is 10.1. The number of aromatic nitrogens is 3. The number of halogens is 2. The number of hydrogen-bond donors (Lipinski definition) is 1. The van der Waals surface area contributed by atoms with Crippen LogP contribution in [0.1, 0.15) is 0 Å². The fraction of sp³-hybridized carbons (Fsp3) is 0. The summed E-state index contributed by atoms with van der Waals surface area (Å²) in [6.45, 7) is 0. The maximum atomic E-state index is 5.91. The lowest BCUT2D eigenvalue weighted by molar-refractivity contribution is 1.16. The highest BCUT2D eigenvalue weighted by Crippen LogP contribution is 2.21. The summed E-state index contributed by atoms with van der Waals surface area (Å²) in [4.78, 5) is 11.8. The molecule has 0 aromatic carbocycles. The molecule has 0 aliphatic heterocycles. The van der Waals surface area contributed by atoms with E-state index in [0.717, 1.165) is 0 Å². The summed E-state index contributed by atoms with van der Waals surface area (Å²) in [7, 11) is 0. The van der Waals surface area contributed by atoms with Crippen LogP contribution < -0.4 is 5.32 Å². The van der Waals surface area contributed by atoms with E-state index in [-0.39, 0.29) is 0 Å². The van der Waals surface area contributed by atoms with Crippen molar-refractivity contribution < 1.29 is 0 Å². The Labute approximate surface area is 96.3 Å². The Morgan fingerprint density at radius 2 is 2.00 bits per heavy atom. The SMILES string of the molecule is Clc1cc(Nc2ncccc2Cl)ncn1. The lowest BCUT2D eigenvalue weighted by atomic mass is 10.4. The Kier molecular flexibility index (Phi) is 2.99. The Balaban J connectivity index is 2.26. The van der Waals surface area contributed by atoms with Gasteiger partial charge in [0.25, 0.3) is 0 Å². The zero-order valence-electron chi connectivity index (χ0n) is 7.48. The average molecular weight is 241 g/mol. The molecule has 4 nitrogen and oxygen atoms in total. The molecule has 0 atom stereocenters. The van der Waals surface area contributed by atoms with Crippen molar-refractivity contribution in [1.82, 2.24) is 15.0 Å². The molecule has 0 unspecified atom stereocenters. The highest BCUT2D eigenvalue weighted by atomic mass is 35.5. The predicted molar refractivity (Wildman–Crippen MR) is 59.6 cm³/mol. The lowest BCUT2D eigenvalue weighted by Gasteiger charge is -2.05. The van der Waals surface area contributed by atoms with Crippen LogP contribution in [0.15, 0.2) is 30.7 Å². The van der Waals surface area contributed by atoms with Gasteiger partial charge in [0.05, 0.1) is 5.02 Å². The number of anilines is 2. The molecule has 1 N–H and O–H groups in total.